The van der Waals surface area contributed by atoms with Gasteiger partial charge in [-0.05, 0) is 80.0 Å². The van der Waals surface area contributed by atoms with Crippen LogP contribution in [0, 0.1) is 13.8 Å². The molecule has 3 nitrogen and oxygen atoms in total. The van der Waals surface area contributed by atoms with Crippen molar-refractivity contribution in [2.75, 3.05) is 0 Å². The van der Waals surface area contributed by atoms with Gasteiger partial charge in [0.05, 0.1) is 5.92 Å². The highest BCUT2D eigenvalue weighted by molar-refractivity contribution is 7.63. The molecule has 0 radical (unpaired) electrons. The van der Waals surface area contributed by atoms with Gasteiger partial charge in [0.25, 0.3) is 0 Å². The van der Waals surface area contributed by atoms with Crippen molar-refractivity contribution in [3.63, 3.8) is 0 Å². The first-order valence-electron chi connectivity index (χ1n) is 13.4. The molecule has 0 saturated carbocycles. The van der Waals surface area contributed by atoms with Crippen molar-refractivity contribution in [3.8, 4) is 0 Å². The summed E-state index contributed by atoms with van der Waals surface area (Å²) in [5.41, 5.74) is 8.49. The standard InChI is InChI=1S/C33H52O3P/c1-20-16-23(27(32(10,11)12)18-25(20)30(4,5)6)29(22(3)37(34,35)36)24-17-21(2)26(31(7,8)9)19-28(24)33(13,14)15/h16-19,29,34-36H,3H2,1-2,4-15H3/q+1. The molecule has 0 bridgehead atoms. The van der Waals surface area contributed by atoms with Gasteiger partial charge in [0.2, 0.25) is 0 Å². The van der Waals surface area contributed by atoms with Crippen molar-refractivity contribution in [1.29, 1.82) is 0 Å². The van der Waals surface area contributed by atoms with Crippen LogP contribution < -0.4 is 0 Å². The summed E-state index contributed by atoms with van der Waals surface area (Å²) in [7, 11) is -4.35. The van der Waals surface area contributed by atoms with Gasteiger partial charge >= 0.3 is 7.94 Å². The molecule has 0 amide bonds. The molecule has 3 N–H and O–H groups in total. The van der Waals surface area contributed by atoms with Crippen LogP contribution in [-0.4, -0.2) is 14.7 Å². The van der Waals surface area contributed by atoms with E-state index in [0.717, 1.165) is 33.4 Å². The van der Waals surface area contributed by atoms with Crippen LogP contribution in [0.25, 0.3) is 0 Å². The third kappa shape index (κ3) is 6.93. The molecule has 0 aromatic heterocycles. The summed E-state index contributed by atoms with van der Waals surface area (Å²) in [6.45, 7) is 34.8. The van der Waals surface area contributed by atoms with E-state index in [0.29, 0.717) is 0 Å². The third-order valence-electron chi connectivity index (χ3n) is 7.37. The van der Waals surface area contributed by atoms with Crippen molar-refractivity contribution in [2.24, 2.45) is 0 Å². The largest absolute Gasteiger partial charge is 0.436 e. The van der Waals surface area contributed by atoms with Gasteiger partial charge in [-0.25, -0.2) is 0 Å². The molecule has 2 aromatic rings. The first-order chi connectivity index (χ1) is 16.3. The van der Waals surface area contributed by atoms with Crippen LogP contribution in [-0.2, 0) is 21.7 Å². The Morgan fingerprint density at radius 2 is 0.838 bits per heavy atom. The van der Waals surface area contributed by atoms with Gasteiger partial charge in [-0.3, -0.25) is 0 Å². The molecule has 0 aliphatic carbocycles. The molecule has 0 spiro atoms. The predicted octanol–water partition coefficient (Wildman–Crippen LogP) is 8.88. The fourth-order valence-electron chi connectivity index (χ4n) is 5.55. The Labute approximate surface area is 227 Å². The molecule has 0 atom stereocenters. The zero-order chi connectivity index (χ0) is 29.1. The maximum Gasteiger partial charge on any atom is 0.436 e. The van der Waals surface area contributed by atoms with Crippen molar-refractivity contribution < 1.29 is 14.7 Å². The fraction of sp³-hybridized carbons (Fsp3) is 0.576. The van der Waals surface area contributed by atoms with Crippen LogP contribution >= 0.6 is 7.94 Å². The quantitative estimate of drug-likeness (QED) is 0.348. The predicted molar refractivity (Wildman–Crippen MR) is 162 cm³/mol. The first-order valence-corrected chi connectivity index (χ1v) is 15.0. The smallest absolute Gasteiger partial charge is 0.189 e. The zero-order valence-corrected chi connectivity index (χ0v) is 26.8. The third-order valence-corrected chi connectivity index (χ3v) is 8.39. The molecule has 2 rings (SSSR count). The lowest BCUT2D eigenvalue weighted by Gasteiger charge is -2.35. The van der Waals surface area contributed by atoms with E-state index in [4.69, 9.17) is 0 Å². The summed E-state index contributed by atoms with van der Waals surface area (Å²) in [6.07, 6.45) is 0. The SMILES string of the molecule is C=C(C(c1cc(C)c(C(C)(C)C)cc1C(C)(C)C)c1cc(C)c(C(C)(C)C)cc1C(C)(C)C)[P+](O)(O)O. The normalized spacial score (nSPS) is 13.9. The van der Waals surface area contributed by atoms with E-state index in [1.165, 1.54) is 11.1 Å². The molecule has 0 saturated heterocycles. The number of allylic oxidation sites excluding steroid dienone is 1. The van der Waals surface area contributed by atoms with Crippen LogP contribution in [0.5, 0.6) is 0 Å². The van der Waals surface area contributed by atoms with E-state index in [1.807, 2.05) is 0 Å². The van der Waals surface area contributed by atoms with Gasteiger partial charge in [-0.2, -0.15) is 14.7 Å². The number of benzene rings is 2. The molecule has 206 valence electrons. The van der Waals surface area contributed by atoms with E-state index < -0.39 is 13.9 Å². The molecule has 0 aliphatic rings. The average molecular weight is 528 g/mol. The molecular formula is C33H52O3P+. The van der Waals surface area contributed by atoms with E-state index in [-0.39, 0.29) is 27.0 Å². The second-order valence-corrected chi connectivity index (χ2v) is 16.7. The average Bonchev–Trinajstić information content (AvgIpc) is 2.63. The first kappa shape index (κ1) is 31.7. The zero-order valence-electron chi connectivity index (χ0n) is 25.9. The summed E-state index contributed by atoms with van der Waals surface area (Å²) in [6, 6.07) is 8.94. The molecular weight excluding hydrogens is 475 g/mol. The lowest BCUT2D eigenvalue weighted by atomic mass is 9.70. The monoisotopic (exact) mass is 527 g/mol. The van der Waals surface area contributed by atoms with Crippen molar-refractivity contribution in [3.05, 3.63) is 80.7 Å². The van der Waals surface area contributed by atoms with Gasteiger partial charge in [0.1, 0.15) is 0 Å². The number of hydrogen-bond acceptors (Lipinski definition) is 3. The summed E-state index contributed by atoms with van der Waals surface area (Å²) in [5.74, 6) is -0.572. The molecule has 0 heterocycles. The van der Waals surface area contributed by atoms with E-state index >= 15 is 0 Å². The van der Waals surface area contributed by atoms with Crippen molar-refractivity contribution in [2.45, 2.75) is 125 Å². The van der Waals surface area contributed by atoms with Gasteiger partial charge < -0.3 is 0 Å². The maximum absolute atomic E-state index is 10.6. The lowest BCUT2D eigenvalue weighted by molar-refractivity contribution is 0.338. The van der Waals surface area contributed by atoms with Crippen molar-refractivity contribution in [1.82, 2.24) is 0 Å². The van der Waals surface area contributed by atoms with Crippen LogP contribution in [0.1, 0.15) is 134 Å². The lowest BCUT2D eigenvalue weighted by Crippen LogP contribution is -2.25. The minimum Gasteiger partial charge on any atom is -0.189 e. The topological polar surface area (TPSA) is 60.7 Å². The maximum atomic E-state index is 10.6. The van der Waals surface area contributed by atoms with Gasteiger partial charge in [0.15, 0.2) is 5.31 Å². The Balaban J connectivity index is 3.15. The molecule has 0 unspecified atom stereocenters. The Morgan fingerprint density at radius 3 is 1.05 bits per heavy atom. The summed E-state index contributed by atoms with van der Waals surface area (Å²) < 4.78 is 0. The van der Waals surface area contributed by atoms with Crippen molar-refractivity contribution >= 4 is 7.94 Å². The van der Waals surface area contributed by atoms with E-state index in [1.54, 1.807) is 0 Å². The fourth-order valence-corrected chi connectivity index (χ4v) is 6.18. The minimum absolute atomic E-state index is 0.0433. The Hall–Kier alpha value is -1.51. The Bertz CT molecular complexity index is 1090. The Morgan fingerprint density at radius 1 is 0.568 bits per heavy atom. The molecule has 2 aromatic carbocycles. The number of hydrogen-bond donors (Lipinski definition) is 3. The Kier molecular flexibility index (Phi) is 8.49. The second-order valence-electron chi connectivity index (χ2n) is 15.0. The van der Waals surface area contributed by atoms with Crippen LogP contribution in [0.3, 0.4) is 0 Å². The van der Waals surface area contributed by atoms with Crippen LogP contribution in [0.4, 0.5) is 0 Å². The number of aryl methyl sites for hydroxylation is 2. The summed E-state index contributed by atoms with van der Waals surface area (Å²) >= 11 is 0. The highest BCUT2D eigenvalue weighted by Crippen LogP contribution is 2.61. The highest BCUT2D eigenvalue weighted by atomic mass is 31.2. The van der Waals surface area contributed by atoms with Gasteiger partial charge in [-0.15, -0.1) is 0 Å². The summed E-state index contributed by atoms with van der Waals surface area (Å²) in [4.78, 5) is 31.8. The minimum atomic E-state index is -4.35. The van der Waals surface area contributed by atoms with Crippen LogP contribution in [0.2, 0.25) is 0 Å². The molecule has 0 fully saturated rings. The number of rotatable bonds is 4. The van der Waals surface area contributed by atoms with Crippen LogP contribution in [0.15, 0.2) is 36.2 Å². The highest BCUT2D eigenvalue weighted by Gasteiger charge is 2.45. The van der Waals surface area contributed by atoms with E-state index in [9.17, 15) is 14.7 Å². The van der Waals surface area contributed by atoms with Gasteiger partial charge in [-0.1, -0.05) is 114 Å². The van der Waals surface area contributed by atoms with E-state index in [2.05, 4.69) is 128 Å². The van der Waals surface area contributed by atoms with Gasteiger partial charge in [0, 0.05) is 0 Å². The second kappa shape index (κ2) is 9.91. The molecule has 0 aliphatic heterocycles. The molecule has 4 heteroatoms. The summed E-state index contributed by atoms with van der Waals surface area (Å²) in [5, 5.41) is 0.0642. The molecule has 37 heavy (non-hydrogen) atoms.